The van der Waals surface area contributed by atoms with Crippen molar-refractivity contribution >= 4 is 38.5 Å². The molecule has 9 nitrogen and oxygen atoms in total. The number of nitrogens with one attached hydrogen (secondary N) is 1. The maximum atomic E-state index is 13.2. The van der Waals surface area contributed by atoms with Crippen molar-refractivity contribution in [2.24, 2.45) is 13.0 Å². The topological polar surface area (TPSA) is 98.6 Å². The highest BCUT2D eigenvalue weighted by molar-refractivity contribution is 7.19. The van der Waals surface area contributed by atoms with Crippen LogP contribution in [0.3, 0.4) is 0 Å². The van der Waals surface area contributed by atoms with Crippen molar-refractivity contribution in [3.63, 3.8) is 0 Å². The van der Waals surface area contributed by atoms with Crippen molar-refractivity contribution in [3.05, 3.63) is 61.7 Å². The number of hydrogen-bond donors (Lipinski definition) is 1. The van der Waals surface area contributed by atoms with E-state index in [1.54, 1.807) is 4.57 Å². The minimum absolute atomic E-state index is 0.160. The van der Waals surface area contributed by atoms with Crippen molar-refractivity contribution in [1.82, 2.24) is 19.2 Å². The molecule has 0 aliphatic heterocycles. The second kappa shape index (κ2) is 8.87. The minimum atomic E-state index is -0.763. The Morgan fingerprint density at radius 1 is 1.24 bits per heavy atom. The van der Waals surface area contributed by atoms with E-state index in [2.05, 4.69) is 4.98 Å². The van der Waals surface area contributed by atoms with Crippen LogP contribution >= 0.6 is 11.3 Å². The van der Waals surface area contributed by atoms with Gasteiger partial charge in [0.2, 0.25) is 0 Å². The van der Waals surface area contributed by atoms with Crippen molar-refractivity contribution in [2.45, 2.75) is 26.8 Å². The summed E-state index contributed by atoms with van der Waals surface area (Å²) in [6.45, 7) is 4.43. The Labute approximate surface area is 193 Å². The maximum Gasteiger partial charge on any atom is 0.439 e. The fourth-order valence-corrected chi connectivity index (χ4v) is 5.02. The van der Waals surface area contributed by atoms with Crippen molar-refractivity contribution in [1.29, 1.82) is 0 Å². The van der Waals surface area contributed by atoms with Gasteiger partial charge < -0.3 is 9.72 Å². The summed E-state index contributed by atoms with van der Waals surface area (Å²) in [6, 6.07) is 7.89. The molecule has 4 aromatic rings. The largest absolute Gasteiger partial charge is 0.439 e. The summed E-state index contributed by atoms with van der Waals surface area (Å²) in [5.74, 6) is 0.334. The molecule has 0 aliphatic carbocycles. The summed E-state index contributed by atoms with van der Waals surface area (Å²) in [5.41, 5.74) is 1.08. The maximum absolute atomic E-state index is 13.2. The average Bonchev–Trinajstić information content (AvgIpc) is 3.36. The number of fused-ring (bicyclic) bond motifs is 2. The predicted molar refractivity (Wildman–Crippen MR) is 128 cm³/mol. The lowest BCUT2D eigenvalue weighted by Gasteiger charge is -2.14. The number of hydrogen-bond acceptors (Lipinski definition) is 6. The van der Waals surface area contributed by atoms with Gasteiger partial charge >= 0.3 is 11.8 Å². The number of hydroxylamine groups is 2. The molecule has 10 heteroatoms. The molecule has 0 fully saturated rings. The second-order valence-electron chi connectivity index (χ2n) is 8.27. The number of amides is 1. The van der Waals surface area contributed by atoms with Crippen LogP contribution in [-0.2, 0) is 24.9 Å². The van der Waals surface area contributed by atoms with Crippen LogP contribution in [0.15, 0.2) is 40.1 Å². The van der Waals surface area contributed by atoms with Gasteiger partial charge in [-0.25, -0.2) is 9.59 Å². The van der Waals surface area contributed by atoms with Crippen molar-refractivity contribution in [3.8, 4) is 5.75 Å². The number of thiophene rings is 1. The van der Waals surface area contributed by atoms with E-state index in [9.17, 15) is 14.4 Å². The summed E-state index contributed by atoms with van der Waals surface area (Å²) < 4.78 is 8.33. The number of benzene rings is 1. The normalized spacial score (nSPS) is 11.6. The van der Waals surface area contributed by atoms with E-state index in [0.29, 0.717) is 22.7 Å². The number of para-hydroxylation sites is 1. The Bertz CT molecular complexity index is 1460. The Hall–Kier alpha value is -3.37. The number of carbonyl (C=O) groups is 1. The third kappa shape index (κ3) is 4.07. The van der Waals surface area contributed by atoms with Crippen LogP contribution in [0.4, 0.5) is 4.79 Å². The third-order valence-electron chi connectivity index (χ3n) is 5.49. The van der Waals surface area contributed by atoms with Crippen LogP contribution in [0.25, 0.3) is 21.1 Å². The number of H-pyrrole nitrogens is 1. The zero-order chi connectivity index (χ0) is 23.9. The van der Waals surface area contributed by atoms with Crippen LogP contribution in [0.5, 0.6) is 5.75 Å². The number of aromatic amines is 1. The fourth-order valence-electron chi connectivity index (χ4n) is 3.78. The van der Waals surface area contributed by atoms with Crippen LogP contribution < -0.4 is 16.0 Å². The molecule has 1 N–H and O–H groups in total. The Balaban J connectivity index is 1.97. The van der Waals surface area contributed by atoms with Gasteiger partial charge in [-0.05, 0) is 17.5 Å². The molecule has 4 rings (SSSR count). The lowest BCUT2D eigenvalue weighted by molar-refractivity contribution is -0.0789. The number of aromatic nitrogens is 3. The molecule has 0 spiro atoms. The molecule has 0 saturated heterocycles. The van der Waals surface area contributed by atoms with Gasteiger partial charge in [0.15, 0.2) is 5.75 Å². The molecule has 0 atom stereocenters. The van der Waals surface area contributed by atoms with Gasteiger partial charge in [-0.15, -0.1) is 11.3 Å². The molecular formula is C23H26N4O5S. The van der Waals surface area contributed by atoms with Crippen molar-refractivity contribution < 1.29 is 14.4 Å². The summed E-state index contributed by atoms with van der Waals surface area (Å²) in [7, 11) is 4.20. The predicted octanol–water partition coefficient (Wildman–Crippen LogP) is 3.48. The van der Waals surface area contributed by atoms with Crippen LogP contribution in [0.1, 0.15) is 24.3 Å². The SMILES string of the molecule is CON(C)C(=O)Oc1c(Cc2c[nH]c3ccccc23)sc2c1c(=O)n(C)c(=O)n2CC(C)C. The van der Waals surface area contributed by atoms with Gasteiger partial charge in [0.05, 0.1) is 12.0 Å². The highest BCUT2D eigenvalue weighted by Crippen LogP contribution is 2.38. The van der Waals surface area contributed by atoms with E-state index in [-0.39, 0.29) is 17.1 Å². The molecule has 0 bridgehead atoms. The zero-order valence-corrected chi connectivity index (χ0v) is 20.0. The van der Waals surface area contributed by atoms with Gasteiger partial charge in [-0.2, -0.15) is 5.06 Å². The fraction of sp³-hybridized carbons (Fsp3) is 0.348. The van der Waals surface area contributed by atoms with E-state index in [4.69, 9.17) is 9.57 Å². The number of ether oxygens (including phenoxy) is 1. The minimum Gasteiger partial charge on any atom is -0.407 e. The van der Waals surface area contributed by atoms with E-state index < -0.39 is 17.3 Å². The molecule has 1 amide bonds. The highest BCUT2D eigenvalue weighted by atomic mass is 32.1. The lowest BCUT2D eigenvalue weighted by Crippen LogP contribution is -2.38. The first-order valence-electron chi connectivity index (χ1n) is 10.5. The Kier molecular flexibility index (Phi) is 6.13. The Morgan fingerprint density at radius 3 is 2.67 bits per heavy atom. The van der Waals surface area contributed by atoms with E-state index in [0.717, 1.165) is 26.1 Å². The lowest BCUT2D eigenvalue weighted by atomic mass is 10.1. The van der Waals surface area contributed by atoms with E-state index in [1.807, 2.05) is 44.3 Å². The molecule has 3 aromatic heterocycles. The summed E-state index contributed by atoms with van der Waals surface area (Å²) >= 11 is 1.30. The van der Waals surface area contributed by atoms with Crippen LogP contribution in [0, 0.1) is 5.92 Å². The molecule has 0 radical (unpaired) electrons. The molecule has 0 unspecified atom stereocenters. The van der Waals surface area contributed by atoms with E-state index >= 15 is 0 Å². The number of carbonyl (C=O) groups excluding carboxylic acids is 1. The quantitative estimate of drug-likeness (QED) is 0.435. The highest BCUT2D eigenvalue weighted by Gasteiger charge is 2.26. The van der Waals surface area contributed by atoms with Gasteiger partial charge in [-0.3, -0.25) is 18.8 Å². The van der Waals surface area contributed by atoms with Crippen LogP contribution in [-0.4, -0.2) is 39.4 Å². The first-order chi connectivity index (χ1) is 15.7. The van der Waals surface area contributed by atoms with Crippen molar-refractivity contribution in [2.75, 3.05) is 14.2 Å². The molecule has 1 aromatic carbocycles. The first-order valence-corrected chi connectivity index (χ1v) is 11.3. The Morgan fingerprint density at radius 2 is 1.97 bits per heavy atom. The van der Waals surface area contributed by atoms with E-state index in [1.165, 1.54) is 32.5 Å². The average molecular weight is 471 g/mol. The zero-order valence-electron chi connectivity index (χ0n) is 19.2. The van der Waals surface area contributed by atoms with Gasteiger partial charge in [0.25, 0.3) is 5.56 Å². The molecule has 0 saturated carbocycles. The van der Waals surface area contributed by atoms with Gasteiger partial charge in [-0.1, -0.05) is 32.0 Å². The standard InChI is InChI=1S/C23H26N4O5S/c1-13(2)12-27-21-18(20(28)25(3)22(27)29)19(32-23(30)26(4)31-5)17(33-21)10-14-11-24-16-9-7-6-8-15(14)16/h6-9,11,13,24H,10,12H2,1-5H3. The van der Waals surface area contributed by atoms with Gasteiger partial charge in [0, 0.05) is 44.2 Å². The first kappa shape index (κ1) is 22.8. The smallest absolute Gasteiger partial charge is 0.407 e. The molecule has 0 aliphatic rings. The summed E-state index contributed by atoms with van der Waals surface area (Å²) in [6.07, 6.45) is 1.56. The second-order valence-corrected chi connectivity index (χ2v) is 9.35. The molecule has 174 valence electrons. The summed E-state index contributed by atoms with van der Waals surface area (Å²) in [5, 5.41) is 2.19. The monoisotopic (exact) mass is 470 g/mol. The number of rotatable bonds is 6. The summed E-state index contributed by atoms with van der Waals surface area (Å²) in [4.78, 5) is 48.0. The van der Waals surface area contributed by atoms with Gasteiger partial charge in [0.1, 0.15) is 10.2 Å². The number of nitrogens with zero attached hydrogens (tertiary/aromatic N) is 3. The molecular weight excluding hydrogens is 444 g/mol. The van der Waals surface area contributed by atoms with Crippen LogP contribution in [0.2, 0.25) is 0 Å². The third-order valence-corrected chi connectivity index (χ3v) is 6.68. The molecule has 33 heavy (non-hydrogen) atoms. The molecule has 3 heterocycles.